The molecule has 1 aliphatic heterocycles. The second kappa shape index (κ2) is 6.86. The Morgan fingerprint density at radius 2 is 2.00 bits per heavy atom. The van der Waals surface area contributed by atoms with Gasteiger partial charge in [-0.2, -0.15) is 4.31 Å². The summed E-state index contributed by atoms with van der Waals surface area (Å²) >= 11 is 6.05. The molecule has 0 saturated carbocycles. The Morgan fingerprint density at radius 1 is 1.29 bits per heavy atom. The first-order valence-corrected chi connectivity index (χ1v) is 10.4. The molecule has 1 fully saturated rings. The van der Waals surface area contributed by atoms with Crippen LogP contribution in [-0.4, -0.2) is 49.6 Å². The molecule has 1 aliphatic rings. The highest BCUT2D eigenvalue weighted by atomic mass is 35.5. The van der Waals surface area contributed by atoms with Crippen molar-refractivity contribution in [3.05, 3.63) is 35.5 Å². The quantitative estimate of drug-likeness (QED) is 0.833. The standard InChI is InChI=1S/C17H22ClN3O2S/c1-3-21(24(2,22)23)14-7-10-20(11-8-14)17-6-9-19-16-12-13(18)4-5-15(16)17/h4-6,9,12,14H,3,7-8,10-11H2,1-2H3. The zero-order valence-corrected chi connectivity index (χ0v) is 15.5. The third kappa shape index (κ3) is 3.50. The lowest BCUT2D eigenvalue weighted by molar-refractivity contribution is 0.285. The monoisotopic (exact) mass is 367 g/mol. The van der Waals surface area contributed by atoms with Gasteiger partial charge in [0.1, 0.15) is 0 Å². The van der Waals surface area contributed by atoms with Crippen molar-refractivity contribution in [2.24, 2.45) is 0 Å². The number of benzene rings is 1. The van der Waals surface area contributed by atoms with E-state index in [4.69, 9.17) is 11.6 Å². The first kappa shape index (κ1) is 17.5. The number of pyridine rings is 1. The highest BCUT2D eigenvalue weighted by molar-refractivity contribution is 7.88. The maximum Gasteiger partial charge on any atom is 0.211 e. The van der Waals surface area contributed by atoms with Crippen LogP contribution in [0.4, 0.5) is 5.69 Å². The Hall–Kier alpha value is -1.37. The predicted molar refractivity (Wildman–Crippen MR) is 99.2 cm³/mol. The van der Waals surface area contributed by atoms with E-state index in [-0.39, 0.29) is 6.04 Å². The fraction of sp³-hybridized carbons (Fsp3) is 0.471. The van der Waals surface area contributed by atoms with E-state index >= 15 is 0 Å². The fourth-order valence-corrected chi connectivity index (χ4v) is 4.93. The summed E-state index contributed by atoms with van der Waals surface area (Å²) in [6.07, 6.45) is 4.76. The molecule has 0 radical (unpaired) electrons. The Morgan fingerprint density at radius 3 is 2.62 bits per heavy atom. The Kier molecular flexibility index (Phi) is 4.99. The zero-order valence-electron chi connectivity index (χ0n) is 13.9. The predicted octanol–water partition coefficient (Wildman–Crippen LogP) is 3.14. The summed E-state index contributed by atoms with van der Waals surface area (Å²) in [4.78, 5) is 6.70. The average molecular weight is 368 g/mol. The van der Waals surface area contributed by atoms with Crippen molar-refractivity contribution >= 4 is 38.2 Å². The van der Waals surface area contributed by atoms with Gasteiger partial charge in [0.25, 0.3) is 0 Å². The van der Waals surface area contributed by atoms with Gasteiger partial charge in [-0.25, -0.2) is 8.42 Å². The van der Waals surface area contributed by atoms with Gasteiger partial charge in [-0.05, 0) is 37.1 Å². The molecule has 0 unspecified atom stereocenters. The van der Waals surface area contributed by atoms with E-state index in [1.807, 2.05) is 31.2 Å². The summed E-state index contributed by atoms with van der Waals surface area (Å²) in [6, 6.07) is 7.86. The van der Waals surface area contributed by atoms with Crippen molar-refractivity contribution in [1.82, 2.24) is 9.29 Å². The number of anilines is 1. The number of hydrogen-bond donors (Lipinski definition) is 0. The van der Waals surface area contributed by atoms with Crippen molar-refractivity contribution in [3.63, 3.8) is 0 Å². The van der Waals surface area contributed by atoms with Crippen LogP contribution in [0.2, 0.25) is 5.02 Å². The van der Waals surface area contributed by atoms with Crippen LogP contribution in [0, 0.1) is 0 Å². The first-order chi connectivity index (χ1) is 11.4. The van der Waals surface area contributed by atoms with Crippen LogP contribution in [0.25, 0.3) is 10.9 Å². The second-order valence-corrected chi connectivity index (χ2v) is 8.55. The molecule has 1 aromatic carbocycles. The summed E-state index contributed by atoms with van der Waals surface area (Å²) in [5.74, 6) is 0. The highest BCUT2D eigenvalue weighted by Crippen LogP contribution is 2.30. The SMILES string of the molecule is CCN(C1CCN(c2ccnc3cc(Cl)ccc23)CC1)S(C)(=O)=O. The fourth-order valence-electron chi connectivity index (χ4n) is 3.54. The molecule has 0 bridgehead atoms. The summed E-state index contributed by atoms with van der Waals surface area (Å²) in [7, 11) is -3.15. The molecule has 24 heavy (non-hydrogen) atoms. The molecule has 3 rings (SSSR count). The molecule has 0 amide bonds. The van der Waals surface area contributed by atoms with Crippen LogP contribution < -0.4 is 4.90 Å². The van der Waals surface area contributed by atoms with Crippen molar-refractivity contribution in [2.75, 3.05) is 30.8 Å². The Bertz CT molecular complexity index is 833. The number of hydrogen-bond acceptors (Lipinski definition) is 4. The molecule has 2 heterocycles. The van der Waals surface area contributed by atoms with Crippen molar-refractivity contribution in [3.8, 4) is 0 Å². The molecule has 130 valence electrons. The lowest BCUT2D eigenvalue weighted by Gasteiger charge is -2.38. The Balaban J connectivity index is 1.80. The van der Waals surface area contributed by atoms with Crippen LogP contribution in [0.3, 0.4) is 0 Å². The van der Waals surface area contributed by atoms with Gasteiger partial charge < -0.3 is 4.90 Å². The lowest BCUT2D eigenvalue weighted by atomic mass is 10.0. The number of sulfonamides is 1. The van der Waals surface area contributed by atoms with Crippen LogP contribution >= 0.6 is 11.6 Å². The molecule has 0 aliphatic carbocycles. The molecular formula is C17H22ClN3O2S. The number of aromatic nitrogens is 1. The average Bonchev–Trinajstić information content (AvgIpc) is 2.54. The lowest BCUT2D eigenvalue weighted by Crippen LogP contribution is -2.47. The normalized spacial score (nSPS) is 16.9. The molecule has 2 aromatic rings. The molecule has 0 atom stereocenters. The number of nitrogens with zero attached hydrogens (tertiary/aromatic N) is 3. The second-order valence-electron chi connectivity index (χ2n) is 6.18. The smallest absolute Gasteiger partial charge is 0.211 e. The molecular weight excluding hydrogens is 346 g/mol. The number of fused-ring (bicyclic) bond motifs is 1. The van der Waals surface area contributed by atoms with E-state index in [1.165, 1.54) is 6.26 Å². The molecule has 0 N–H and O–H groups in total. The summed E-state index contributed by atoms with van der Waals surface area (Å²) in [6.45, 7) is 4.09. The van der Waals surface area contributed by atoms with Crippen LogP contribution in [0.5, 0.6) is 0 Å². The number of piperidine rings is 1. The molecule has 1 saturated heterocycles. The van der Waals surface area contributed by atoms with Crippen molar-refractivity contribution in [2.45, 2.75) is 25.8 Å². The highest BCUT2D eigenvalue weighted by Gasteiger charge is 2.29. The van der Waals surface area contributed by atoms with Gasteiger partial charge in [-0.15, -0.1) is 0 Å². The minimum absolute atomic E-state index is 0.0868. The third-order valence-electron chi connectivity index (χ3n) is 4.63. The van der Waals surface area contributed by atoms with Crippen molar-refractivity contribution < 1.29 is 8.42 Å². The third-order valence-corrected chi connectivity index (χ3v) is 6.28. The molecule has 5 nitrogen and oxygen atoms in total. The molecule has 1 aromatic heterocycles. The van der Waals surface area contributed by atoms with E-state index in [1.54, 1.807) is 10.5 Å². The topological polar surface area (TPSA) is 53.5 Å². The van der Waals surface area contributed by atoms with E-state index < -0.39 is 10.0 Å². The summed E-state index contributed by atoms with van der Waals surface area (Å²) in [5, 5.41) is 1.76. The molecule has 7 heteroatoms. The zero-order chi connectivity index (χ0) is 17.3. The van der Waals surface area contributed by atoms with Gasteiger partial charge in [0.2, 0.25) is 10.0 Å². The number of rotatable bonds is 4. The van der Waals surface area contributed by atoms with E-state index in [0.29, 0.717) is 11.6 Å². The van der Waals surface area contributed by atoms with Crippen LogP contribution in [0.15, 0.2) is 30.5 Å². The minimum Gasteiger partial charge on any atom is -0.371 e. The maximum absolute atomic E-state index is 11.9. The number of halogens is 1. The van der Waals surface area contributed by atoms with Gasteiger partial charge in [0, 0.05) is 48.0 Å². The van der Waals surface area contributed by atoms with Gasteiger partial charge in [-0.3, -0.25) is 4.98 Å². The van der Waals surface area contributed by atoms with Crippen LogP contribution in [0.1, 0.15) is 19.8 Å². The maximum atomic E-state index is 11.9. The Labute approximate surface area is 148 Å². The summed E-state index contributed by atoms with van der Waals surface area (Å²) in [5.41, 5.74) is 2.02. The van der Waals surface area contributed by atoms with Gasteiger partial charge >= 0.3 is 0 Å². The van der Waals surface area contributed by atoms with E-state index in [9.17, 15) is 8.42 Å². The van der Waals surface area contributed by atoms with Gasteiger partial charge in [0.05, 0.1) is 11.8 Å². The minimum atomic E-state index is -3.15. The van der Waals surface area contributed by atoms with E-state index in [0.717, 1.165) is 42.5 Å². The van der Waals surface area contributed by atoms with Crippen molar-refractivity contribution in [1.29, 1.82) is 0 Å². The largest absolute Gasteiger partial charge is 0.371 e. The molecule has 0 spiro atoms. The van der Waals surface area contributed by atoms with Gasteiger partial charge in [-0.1, -0.05) is 18.5 Å². The van der Waals surface area contributed by atoms with Gasteiger partial charge in [0.15, 0.2) is 0 Å². The van der Waals surface area contributed by atoms with Crippen LogP contribution in [-0.2, 0) is 10.0 Å². The first-order valence-electron chi connectivity index (χ1n) is 8.16. The summed E-state index contributed by atoms with van der Waals surface area (Å²) < 4.78 is 25.4. The van der Waals surface area contributed by atoms with E-state index in [2.05, 4.69) is 9.88 Å².